The lowest BCUT2D eigenvalue weighted by Gasteiger charge is -2.09. The van der Waals surface area contributed by atoms with E-state index < -0.39 is 5.97 Å². The molecule has 0 saturated carbocycles. The van der Waals surface area contributed by atoms with Crippen LogP contribution >= 0.6 is 34.4 Å². The number of nitrogens with zero attached hydrogens (tertiary/aromatic N) is 1. The highest BCUT2D eigenvalue weighted by Crippen LogP contribution is 2.35. The highest BCUT2D eigenvalue weighted by atomic mass is 127. The van der Waals surface area contributed by atoms with E-state index in [2.05, 4.69) is 9.97 Å². The molecule has 1 heterocycles. The van der Waals surface area contributed by atoms with Crippen LogP contribution in [0.25, 0.3) is 17.1 Å². The number of ether oxygens (including phenoxy) is 1. The Hall–Kier alpha value is -2.20. The Bertz CT molecular complexity index is 967. The summed E-state index contributed by atoms with van der Waals surface area (Å²) in [6.45, 7) is 2.21. The smallest absolute Gasteiger partial charge is 0.342 e. The molecular formula is C18H15IN2O4S. The number of aromatic amines is 1. The van der Waals surface area contributed by atoms with E-state index in [4.69, 9.17) is 4.74 Å². The lowest BCUT2D eigenvalue weighted by atomic mass is 10.2. The maximum Gasteiger partial charge on any atom is 0.342 e. The lowest BCUT2D eigenvalue weighted by molar-refractivity contribution is -0.131. The predicted octanol–water partition coefficient (Wildman–Crippen LogP) is 4.49. The maximum atomic E-state index is 11.7. The molecule has 0 saturated heterocycles. The van der Waals surface area contributed by atoms with Crippen molar-refractivity contribution in [3.05, 3.63) is 50.4 Å². The van der Waals surface area contributed by atoms with Crippen LogP contribution in [0, 0.1) is 3.57 Å². The van der Waals surface area contributed by atoms with Gasteiger partial charge in [-0.3, -0.25) is 0 Å². The second kappa shape index (κ2) is 8.00. The van der Waals surface area contributed by atoms with Crippen LogP contribution in [0.5, 0.6) is 11.5 Å². The SMILES string of the molecule is CCOc1cc(/C=C(\Sc2nc3ccccc3[nH]2)C(=O)O)cc(I)c1O. The molecule has 6 nitrogen and oxygen atoms in total. The van der Waals surface area contributed by atoms with Crippen LogP contribution in [0.3, 0.4) is 0 Å². The number of carbonyl (C=O) groups is 1. The number of nitrogens with one attached hydrogen (secondary N) is 1. The number of aliphatic carboxylic acids is 1. The van der Waals surface area contributed by atoms with Gasteiger partial charge >= 0.3 is 5.97 Å². The fraction of sp³-hybridized carbons (Fsp3) is 0.111. The van der Waals surface area contributed by atoms with Crippen molar-refractivity contribution in [1.29, 1.82) is 0 Å². The number of para-hydroxylation sites is 2. The summed E-state index contributed by atoms with van der Waals surface area (Å²) in [5.41, 5.74) is 2.24. The van der Waals surface area contributed by atoms with Crippen molar-refractivity contribution in [3.63, 3.8) is 0 Å². The molecule has 0 amide bonds. The van der Waals surface area contributed by atoms with Crippen LogP contribution in [-0.4, -0.2) is 32.8 Å². The number of hydrogen-bond acceptors (Lipinski definition) is 5. The number of H-pyrrole nitrogens is 1. The zero-order valence-corrected chi connectivity index (χ0v) is 16.7. The van der Waals surface area contributed by atoms with Gasteiger partial charge in [0, 0.05) is 0 Å². The number of imidazole rings is 1. The number of aromatic nitrogens is 2. The molecular weight excluding hydrogens is 467 g/mol. The number of halogens is 1. The van der Waals surface area contributed by atoms with E-state index in [0.29, 0.717) is 26.6 Å². The molecule has 0 unspecified atom stereocenters. The monoisotopic (exact) mass is 482 g/mol. The van der Waals surface area contributed by atoms with Crippen molar-refractivity contribution in [3.8, 4) is 11.5 Å². The lowest BCUT2D eigenvalue weighted by Crippen LogP contribution is -1.98. The van der Waals surface area contributed by atoms with E-state index in [-0.39, 0.29) is 10.7 Å². The number of hydrogen-bond donors (Lipinski definition) is 3. The van der Waals surface area contributed by atoms with Crippen molar-refractivity contribution in [1.82, 2.24) is 9.97 Å². The molecule has 26 heavy (non-hydrogen) atoms. The molecule has 0 fully saturated rings. The number of phenolic OH excluding ortho intramolecular Hbond substituents is 1. The number of benzene rings is 2. The first-order valence-electron chi connectivity index (χ1n) is 7.71. The average molecular weight is 482 g/mol. The van der Waals surface area contributed by atoms with Gasteiger partial charge in [-0.15, -0.1) is 0 Å². The molecule has 3 N–H and O–H groups in total. The minimum Gasteiger partial charge on any atom is -0.504 e. The summed E-state index contributed by atoms with van der Waals surface area (Å²) >= 11 is 3.02. The summed E-state index contributed by atoms with van der Waals surface area (Å²) in [6, 6.07) is 10.8. The number of carboxylic acid groups (broad SMARTS) is 1. The normalized spacial score (nSPS) is 11.7. The molecule has 8 heteroatoms. The van der Waals surface area contributed by atoms with Crippen molar-refractivity contribution in [2.75, 3.05) is 6.61 Å². The van der Waals surface area contributed by atoms with Crippen LogP contribution in [0.15, 0.2) is 46.5 Å². The standard InChI is InChI=1S/C18H15IN2O4S/c1-2-25-14-8-10(7-11(19)16(14)22)9-15(17(23)24)26-18-20-12-5-3-4-6-13(12)21-18/h3-9,22H,2H2,1H3,(H,20,21)(H,23,24)/b15-9-. The quantitative estimate of drug-likeness (QED) is 0.272. The zero-order chi connectivity index (χ0) is 18.7. The molecule has 134 valence electrons. The minimum atomic E-state index is -1.06. The van der Waals surface area contributed by atoms with E-state index in [1.807, 2.05) is 53.8 Å². The van der Waals surface area contributed by atoms with Gasteiger partial charge < -0.3 is 19.9 Å². The first kappa shape index (κ1) is 18.6. The molecule has 3 aromatic rings. The number of rotatable bonds is 6. The third-order valence-corrected chi connectivity index (χ3v) is 5.15. The Morgan fingerprint density at radius 1 is 1.38 bits per heavy atom. The van der Waals surface area contributed by atoms with Crippen molar-refractivity contribution >= 4 is 57.4 Å². The molecule has 0 aliphatic rings. The zero-order valence-electron chi connectivity index (χ0n) is 13.7. The van der Waals surface area contributed by atoms with Crippen LogP contribution in [0.4, 0.5) is 0 Å². The minimum absolute atomic E-state index is 0.0476. The van der Waals surface area contributed by atoms with E-state index in [0.717, 1.165) is 22.8 Å². The molecule has 0 atom stereocenters. The number of fused-ring (bicyclic) bond motifs is 1. The third kappa shape index (κ3) is 4.13. The summed E-state index contributed by atoms with van der Waals surface area (Å²) in [6.07, 6.45) is 1.53. The van der Waals surface area contributed by atoms with Crippen molar-refractivity contribution in [2.45, 2.75) is 12.1 Å². The second-order valence-corrected chi connectivity index (χ2v) is 7.45. The molecule has 0 bridgehead atoms. The summed E-state index contributed by atoms with van der Waals surface area (Å²) in [5.74, 6) is -0.688. The van der Waals surface area contributed by atoms with Gasteiger partial charge in [-0.25, -0.2) is 9.78 Å². The second-order valence-electron chi connectivity index (χ2n) is 5.26. The first-order chi connectivity index (χ1) is 12.5. The van der Waals surface area contributed by atoms with Gasteiger partial charge in [0.2, 0.25) is 0 Å². The molecule has 0 aliphatic heterocycles. The fourth-order valence-corrected chi connectivity index (χ4v) is 3.73. The Balaban J connectivity index is 1.95. The maximum absolute atomic E-state index is 11.7. The topological polar surface area (TPSA) is 95.4 Å². The van der Waals surface area contributed by atoms with Gasteiger partial charge in [0.25, 0.3) is 0 Å². The van der Waals surface area contributed by atoms with Gasteiger partial charge in [-0.1, -0.05) is 12.1 Å². The van der Waals surface area contributed by atoms with E-state index in [9.17, 15) is 15.0 Å². The van der Waals surface area contributed by atoms with Crippen molar-refractivity contribution < 1.29 is 19.7 Å². The van der Waals surface area contributed by atoms with Crippen LogP contribution in [-0.2, 0) is 4.79 Å². The molecule has 0 radical (unpaired) electrons. The van der Waals surface area contributed by atoms with Gasteiger partial charge in [0.15, 0.2) is 16.7 Å². The average Bonchev–Trinajstić information content (AvgIpc) is 3.01. The summed E-state index contributed by atoms with van der Waals surface area (Å²) in [4.78, 5) is 19.3. The Morgan fingerprint density at radius 3 is 2.85 bits per heavy atom. The molecule has 3 rings (SSSR count). The van der Waals surface area contributed by atoms with Gasteiger partial charge in [-0.2, -0.15) is 0 Å². The predicted molar refractivity (Wildman–Crippen MR) is 110 cm³/mol. The van der Waals surface area contributed by atoms with Gasteiger partial charge in [0.05, 0.1) is 21.2 Å². The molecule has 2 aromatic carbocycles. The number of aromatic hydroxyl groups is 1. The highest BCUT2D eigenvalue weighted by molar-refractivity contribution is 14.1. The van der Waals surface area contributed by atoms with E-state index in [1.54, 1.807) is 12.1 Å². The largest absolute Gasteiger partial charge is 0.504 e. The first-order valence-corrected chi connectivity index (χ1v) is 9.60. The number of phenols is 1. The molecule has 1 aromatic heterocycles. The van der Waals surface area contributed by atoms with Crippen LogP contribution < -0.4 is 4.74 Å². The van der Waals surface area contributed by atoms with E-state index >= 15 is 0 Å². The summed E-state index contributed by atoms with van der Waals surface area (Å²) in [5, 5.41) is 20.1. The Labute approximate surface area is 167 Å². The number of thioether (sulfide) groups is 1. The molecule has 0 aliphatic carbocycles. The Morgan fingerprint density at radius 2 is 2.15 bits per heavy atom. The summed E-state index contributed by atoms with van der Waals surface area (Å²) in [7, 11) is 0. The van der Waals surface area contributed by atoms with Gasteiger partial charge in [0.1, 0.15) is 4.91 Å². The van der Waals surface area contributed by atoms with Gasteiger partial charge in [-0.05, 0) is 77.2 Å². The van der Waals surface area contributed by atoms with Crippen LogP contribution in [0.2, 0.25) is 0 Å². The summed E-state index contributed by atoms with van der Waals surface area (Å²) < 4.78 is 5.98. The third-order valence-electron chi connectivity index (χ3n) is 3.43. The highest BCUT2D eigenvalue weighted by Gasteiger charge is 2.15. The van der Waals surface area contributed by atoms with E-state index in [1.165, 1.54) is 6.08 Å². The fourth-order valence-electron chi connectivity index (χ4n) is 2.31. The molecule has 0 spiro atoms. The van der Waals surface area contributed by atoms with Crippen LogP contribution in [0.1, 0.15) is 12.5 Å². The number of carboxylic acids is 1. The van der Waals surface area contributed by atoms with Crippen molar-refractivity contribution in [2.24, 2.45) is 0 Å². The Kier molecular flexibility index (Phi) is 5.72.